The maximum Gasteiger partial charge on any atom is 0.311 e. The van der Waals surface area contributed by atoms with E-state index in [4.69, 9.17) is 14.2 Å². The first kappa shape index (κ1) is 19.3. The van der Waals surface area contributed by atoms with E-state index in [2.05, 4.69) is 5.32 Å². The van der Waals surface area contributed by atoms with Crippen molar-refractivity contribution in [1.82, 2.24) is 0 Å². The Hall–Kier alpha value is -3.02. The van der Waals surface area contributed by atoms with Crippen molar-refractivity contribution >= 4 is 17.6 Å². The zero-order chi connectivity index (χ0) is 19.1. The summed E-state index contributed by atoms with van der Waals surface area (Å²) in [7, 11) is 3.07. The van der Waals surface area contributed by atoms with Gasteiger partial charge >= 0.3 is 5.97 Å². The van der Waals surface area contributed by atoms with Crippen LogP contribution in [0.25, 0.3) is 0 Å². The average Bonchev–Trinajstić information content (AvgIpc) is 2.63. The molecule has 1 amide bonds. The summed E-state index contributed by atoms with van der Waals surface area (Å²) >= 11 is 0. The molecule has 138 valence electrons. The molecule has 0 heterocycles. The van der Waals surface area contributed by atoms with Crippen molar-refractivity contribution in [3.63, 3.8) is 0 Å². The molecule has 0 fully saturated rings. The number of ether oxygens (including phenoxy) is 3. The molecule has 0 radical (unpaired) electrons. The van der Waals surface area contributed by atoms with E-state index in [1.807, 2.05) is 25.1 Å². The average molecular weight is 357 g/mol. The van der Waals surface area contributed by atoms with E-state index < -0.39 is 12.1 Å². The molecule has 1 unspecified atom stereocenters. The number of hydrogen-bond acceptors (Lipinski definition) is 5. The molecule has 6 nitrogen and oxygen atoms in total. The largest absolute Gasteiger partial charge is 0.497 e. The lowest BCUT2D eigenvalue weighted by atomic mass is 10.1. The molecule has 0 aromatic heterocycles. The van der Waals surface area contributed by atoms with Crippen LogP contribution in [0.3, 0.4) is 0 Å². The van der Waals surface area contributed by atoms with Gasteiger partial charge in [0.15, 0.2) is 6.10 Å². The van der Waals surface area contributed by atoms with Crippen molar-refractivity contribution in [2.75, 3.05) is 19.5 Å². The highest BCUT2D eigenvalue weighted by Gasteiger charge is 2.20. The molecule has 0 spiro atoms. The number of carbonyl (C=O) groups excluding carboxylic acids is 2. The van der Waals surface area contributed by atoms with Gasteiger partial charge in [-0.3, -0.25) is 9.59 Å². The Morgan fingerprint density at radius 2 is 1.81 bits per heavy atom. The van der Waals surface area contributed by atoms with Crippen LogP contribution in [0.2, 0.25) is 0 Å². The number of nitrogens with one attached hydrogen (secondary N) is 1. The van der Waals surface area contributed by atoms with Gasteiger partial charge < -0.3 is 19.5 Å². The first-order valence-corrected chi connectivity index (χ1v) is 8.21. The van der Waals surface area contributed by atoms with Crippen LogP contribution in [-0.4, -0.2) is 32.2 Å². The lowest BCUT2D eigenvalue weighted by Crippen LogP contribution is -2.30. The highest BCUT2D eigenvalue weighted by atomic mass is 16.5. The Bertz CT molecular complexity index is 788. The summed E-state index contributed by atoms with van der Waals surface area (Å²) in [4.78, 5) is 24.4. The van der Waals surface area contributed by atoms with Crippen LogP contribution in [0.5, 0.6) is 11.5 Å². The van der Waals surface area contributed by atoms with Gasteiger partial charge in [-0.15, -0.1) is 0 Å². The van der Waals surface area contributed by atoms with Gasteiger partial charge in [0.2, 0.25) is 0 Å². The van der Waals surface area contributed by atoms with E-state index in [0.717, 1.165) is 5.56 Å². The van der Waals surface area contributed by atoms with Crippen molar-refractivity contribution in [2.24, 2.45) is 0 Å². The molecule has 1 N–H and O–H groups in total. The van der Waals surface area contributed by atoms with Gasteiger partial charge in [-0.25, -0.2) is 0 Å². The van der Waals surface area contributed by atoms with Crippen LogP contribution in [0.4, 0.5) is 5.69 Å². The molecule has 0 bridgehead atoms. The monoisotopic (exact) mass is 357 g/mol. The van der Waals surface area contributed by atoms with Crippen molar-refractivity contribution in [3.8, 4) is 11.5 Å². The number of rotatable bonds is 7. The Morgan fingerprint density at radius 3 is 2.46 bits per heavy atom. The maximum absolute atomic E-state index is 12.2. The first-order chi connectivity index (χ1) is 12.4. The van der Waals surface area contributed by atoms with Gasteiger partial charge in [0.05, 0.1) is 20.6 Å². The fourth-order valence-electron chi connectivity index (χ4n) is 2.39. The van der Waals surface area contributed by atoms with Crippen LogP contribution in [0.1, 0.15) is 18.1 Å². The van der Waals surface area contributed by atoms with Gasteiger partial charge in [-0.05, 0) is 31.5 Å². The second-order valence-corrected chi connectivity index (χ2v) is 5.79. The standard InChI is InChI=1S/C20H23NO5/c1-13-7-5-6-8-17(13)21-20(23)14(2)26-19(22)11-15-9-10-16(24-3)12-18(15)25-4/h5-10,12,14H,11H2,1-4H3,(H,21,23). The number of methoxy groups -OCH3 is 2. The fourth-order valence-corrected chi connectivity index (χ4v) is 2.39. The highest BCUT2D eigenvalue weighted by Crippen LogP contribution is 2.25. The quantitative estimate of drug-likeness (QED) is 0.771. The molecule has 6 heteroatoms. The SMILES string of the molecule is COc1ccc(CC(=O)OC(C)C(=O)Nc2ccccc2C)c(OC)c1. The molecular formula is C20H23NO5. The zero-order valence-electron chi connectivity index (χ0n) is 15.4. The topological polar surface area (TPSA) is 73.9 Å². The van der Waals surface area contributed by atoms with Crippen LogP contribution < -0.4 is 14.8 Å². The Balaban J connectivity index is 1.96. The highest BCUT2D eigenvalue weighted by molar-refractivity contribution is 5.95. The molecule has 26 heavy (non-hydrogen) atoms. The van der Waals surface area contributed by atoms with Crippen LogP contribution in [-0.2, 0) is 20.7 Å². The van der Waals surface area contributed by atoms with E-state index in [0.29, 0.717) is 22.7 Å². The smallest absolute Gasteiger partial charge is 0.311 e. The number of aryl methyl sites for hydroxylation is 1. The Morgan fingerprint density at radius 1 is 1.08 bits per heavy atom. The third-order valence-corrected chi connectivity index (χ3v) is 3.91. The van der Waals surface area contributed by atoms with Crippen molar-refractivity contribution in [1.29, 1.82) is 0 Å². The summed E-state index contributed by atoms with van der Waals surface area (Å²) in [6, 6.07) is 12.6. The van der Waals surface area contributed by atoms with Gasteiger partial charge in [0.1, 0.15) is 11.5 Å². The summed E-state index contributed by atoms with van der Waals surface area (Å²) in [5.41, 5.74) is 2.28. The van der Waals surface area contributed by atoms with E-state index in [1.54, 1.807) is 31.4 Å². The predicted octanol–water partition coefficient (Wildman–Crippen LogP) is 3.13. The second-order valence-electron chi connectivity index (χ2n) is 5.79. The van der Waals surface area contributed by atoms with Gasteiger partial charge in [-0.1, -0.05) is 24.3 Å². The molecule has 0 aliphatic heterocycles. The third kappa shape index (κ3) is 4.99. The molecule has 0 saturated carbocycles. The Kier molecular flexibility index (Phi) is 6.60. The van der Waals surface area contributed by atoms with Gasteiger partial charge in [-0.2, -0.15) is 0 Å². The second kappa shape index (κ2) is 8.89. The van der Waals surface area contributed by atoms with E-state index >= 15 is 0 Å². The van der Waals surface area contributed by atoms with Crippen molar-refractivity contribution < 1.29 is 23.8 Å². The number of esters is 1. The summed E-state index contributed by atoms with van der Waals surface area (Å²) in [6.07, 6.45) is -0.916. The number of carbonyl (C=O) groups is 2. The predicted molar refractivity (Wildman–Crippen MR) is 98.6 cm³/mol. The van der Waals surface area contributed by atoms with Crippen LogP contribution in [0.15, 0.2) is 42.5 Å². The minimum absolute atomic E-state index is 0.00481. The molecule has 1 atom stereocenters. The number of anilines is 1. The summed E-state index contributed by atoms with van der Waals surface area (Å²) in [5, 5.41) is 2.76. The molecule has 2 aromatic carbocycles. The van der Waals surface area contributed by atoms with Crippen LogP contribution >= 0.6 is 0 Å². The van der Waals surface area contributed by atoms with E-state index in [9.17, 15) is 9.59 Å². The summed E-state index contributed by atoms with van der Waals surface area (Å²) < 4.78 is 15.6. The minimum atomic E-state index is -0.911. The lowest BCUT2D eigenvalue weighted by molar-refractivity contribution is -0.152. The molecule has 0 saturated heterocycles. The molecule has 0 aliphatic rings. The first-order valence-electron chi connectivity index (χ1n) is 8.21. The molecule has 2 rings (SSSR count). The van der Waals surface area contributed by atoms with Crippen molar-refractivity contribution in [3.05, 3.63) is 53.6 Å². The molecular weight excluding hydrogens is 334 g/mol. The number of hydrogen-bond donors (Lipinski definition) is 1. The molecule has 2 aromatic rings. The van der Waals surface area contributed by atoms with E-state index in [-0.39, 0.29) is 12.3 Å². The maximum atomic E-state index is 12.2. The van der Waals surface area contributed by atoms with Crippen LogP contribution in [0, 0.1) is 6.92 Å². The van der Waals surface area contributed by atoms with Gasteiger partial charge in [0, 0.05) is 17.3 Å². The number of amides is 1. The van der Waals surface area contributed by atoms with E-state index in [1.165, 1.54) is 14.0 Å². The minimum Gasteiger partial charge on any atom is -0.497 e. The third-order valence-electron chi connectivity index (χ3n) is 3.91. The summed E-state index contributed by atoms with van der Waals surface area (Å²) in [5.74, 6) is 0.263. The fraction of sp³-hybridized carbons (Fsp3) is 0.300. The number of benzene rings is 2. The normalized spacial score (nSPS) is 11.4. The number of para-hydroxylation sites is 1. The van der Waals surface area contributed by atoms with Crippen molar-refractivity contribution in [2.45, 2.75) is 26.4 Å². The lowest BCUT2D eigenvalue weighted by Gasteiger charge is -2.15. The summed E-state index contributed by atoms with van der Waals surface area (Å²) in [6.45, 7) is 3.43. The van der Waals surface area contributed by atoms with Gasteiger partial charge in [0.25, 0.3) is 5.91 Å². The zero-order valence-corrected chi connectivity index (χ0v) is 15.4. The molecule has 0 aliphatic carbocycles. The Labute approximate surface area is 153 Å².